The number of likely N-dealkylation sites (N-methyl/N-ethyl adjacent to an activating group) is 1. The molecule has 1 heterocycles. The van der Waals surface area contributed by atoms with Gasteiger partial charge in [0.15, 0.2) is 0 Å². The molecule has 0 unspecified atom stereocenters. The summed E-state index contributed by atoms with van der Waals surface area (Å²) in [5.41, 5.74) is 0.236. The summed E-state index contributed by atoms with van der Waals surface area (Å²) in [6, 6.07) is 1.31. The minimum absolute atomic E-state index is 0.0541. The molecule has 0 aliphatic rings. The van der Waals surface area contributed by atoms with Gasteiger partial charge in [-0.25, -0.2) is 0 Å². The van der Waals surface area contributed by atoms with Crippen LogP contribution in [-0.4, -0.2) is 60.7 Å². The van der Waals surface area contributed by atoms with Gasteiger partial charge in [-0.3, -0.25) is 14.6 Å². The first kappa shape index (κ1) is 15.9. The number of aromatic hydroxyl groups is 1. The van der Waals surface area contributed by atoms with Crippen molar-refractivity contribution in [1.29, 1.82) is 0 Å². The van der Waals surface area contributed by atoms with Crippen LogP contribution in [-0.2, 0) is 9.53 Å². The molecule has 0 aliphatic heterocycles. The third-order valence-electron chi connectivity index (χ3n) is 2.55. The SMILES string of the molecule is COCCCNC(=O)CN(C)C(=O)c1cncc(O)c1. The number of rotatable bonds is 7. The molecule has 7 heteroatoms. The Kier molecular flexibility index (Phi) is 6.45. The van der Waals surface area contributed by atoms with Crippen molar-refractivity contribution in [2.45, 2.75) is 6.42 Å². The minimum atomic E-state index is -0.375. The van der Waals surface area contributed by atoms with Gasteiger partial charge in [-0.05, 0) is 12.5 Å². The Morgan fingerprint density at radius 3 is 2.85 bits per heavy atom. The van der Waals surface area contributed by atoms with Crippen molar-refractivity contribution in [2.75, 3.05) is 33.9 Å². The van der Waals surface area contributed by atoms with E-state index in [0.717, 1.165) is 6.42 Å². The number of hydrogen-bond donors (Lipinski definition) is 2. The molecule has 0 bridgehead atoms. The van der Waals surface area contributed by atoms with Gasteiger partial charge in [-0.1, -0.05) is 0 Å². The van der Waals surface area contributed by atoms with Crippen LogP contribution in [0.2, 0.25) is 0 Å². The zero-order chi connectivity index (χ0) is 15.0. The number of hydrogen-bond acceptors (Lipinski definition) is 5. The molecule has 0 radical (unpaired) electrons. The van der Waals surface area contributed by atoms with E-state index < -0.39 is 0 Å². The summed E-state index contributed by atoms with van der Waals surface area (Å²) < 4.78 is 4.87. The van der Waals surface area contributed by atoms with Crippen LogP contribution >= 0.6 is 0 Å². The molecule has 0 spiro atoms. The predicted molar refractivity (Wildman–Crippen MR) is 72.4 cm³/mol. The fourth-order valence-electron chi connectivity index (χ4n) is 1.55. The average Bonchev–Trinajstić information content (AvgIpc) is 2.42. The van der Waals surface area contributed by atoms with Gasteiger partial charge in [-0.2, -0.15) is 0 Å². The van der Waals surface area contributed by atoms with Crippen LogP contribution in [0.25, 0.3) is 0 Å². The maximum atomic E-state index is 12.0. The van der Waals surface area contributed by atoms with E-state index in [0.29, 0.717) is 13.2 Å². The summed E-state index contributed by atoms with van der Waals surface area (Å²) in [6.07, 6.45) is 3.30. The standard InChI is InChI=1S/C13H19N3O4/c1-16(9-12(18)15-4-3-5-20-2)13(19)10-6-11(17)8-14-7-10/h6-8,17H,3-5,9H2,1-2H3,(H,15,18). The quantitative estimate of drug-likeness (QED) is 0.687. The van der Waals surface area contributed by atoms with Crippen LogP contribution in [0.15, 0.2) is 18.5 Å². The van der Waals surface area contributed by atoms with E-state index in [1.807, 2.05) is 0 Å². The molecular weight excluding hydrogens is 262 g/mol. The van der Waals surface area contributed by atoms with Gasteiger partial charge in [0.2, 0.25) is 5.91 Å². The number of methoxy groups -OCH3 is 1. The molecule has 2 amide bonds. The number of ether oxygens (including phenoxy) is 1. The number of carbonyl (C=O) groups excluding carboxylic acids is 2. The average molecular weight is 281 g/mol. The number of nitrogens with one attached hydrogen (secondary N) is 1. The van der Waals surface area contributed by atoms with Crippen LogP contribution in [0, 0.1) is 0 Å². The lowest BCUT2D eigenvalue weighted by Crippen LogP contribution is -2.38. The zero-order valence-electron chi connectivity index (χ0n) is 11.6. The topological polar surface area (TPSA) is 91.8 Å². The first-order chi connectivity index (χ1) is 9.54. The van der Waals surface area contributed by atoms with Crippen LogP contribution in [0.4, 0.5) is 0 Å². The number of nitrogens with zero attached hydrogens (tertiary/aromatic N) is 2. The molecule has 2 N–H and O–H groups in total. The smallest absolute Gasteiger partial charge is 0.255 e. The number of pyridine rings is 1. The van der Waals surface area contributed by atoms with E-state index in [9.17, 15) is 14.7 Å². The Morgan fingerprint density at radius 1 is 1.45 bits per heavy atom. The van der Waals surface area contributed by atoms with Crippen LogP contribution < -0.4 is 5.32 Å². The lowest BCUT2D eigenvalue weighted by atomic mass is 10.2. The predicted octanol–water partition coefficient (Wildman–Crippen LogP) is 0.0119. The summed E-state index contributed by atoms with van der Waals surface area (Å²) >= 11 is 0. The molecule has 0 saturated carbocycles. The van der Waals surface area contributed by atoms with Crippen molar-refractivity contribution in [3.05, 3.63) is 24.0 Å². The largest absolute Gasteiger partial charge is 0.506 e. The molecule has 0 aromatic carbocycles. The van der Waals surface area contributed by atoms with Crippen molar-refractivity contribution in [2.24, 2.45) is 0 Å². The van der Waals surface area contributed by atoms with E-state index in [2.05, 4.69) is 10.3 Å². The maximum Gasteiger partial charge on any atom is 0.255 e. The van der Waals surface area contributed by atoms with Crippen molar-refractivity contribution in [1.82, 2.24) is 15.2 Å². The molecule has 0 fully saturated rings. The molecule has 0 atom stereocenters. The van der Waals surface area contributed by atoms with Gasteiger partial charge >= 0.3 is 0 Å². The van der Waals surface area contributed by atoms with E-state index in [-0.39, 0.29) is 29.7 Å². The number of aromatic nitrogens is 1. The summed E-state index contributed by atoms with van der Waals surface area (Å²) in [5, 5.41) is 12.0. The Hall–Kier alpha value is -2.15. The highest BCUT2D eigenvalue weighted by Crippen LogP contribution is 2.10. The summed E-state index contributed by atoms with van der Waals surface area (Å²) in [4.78, 5) is 28.6. The Balaban J connectivity index is 2.43. The van der Waals surface area contributed by atoms with Crippen molar-refractivity contribution in [3.63, 3.8) is 0 Å². The van der Waals surface area contributed by atoms with E-state index in [1.165, 1.54) is 30.4 Å². The van der Waals surface area contributed by atoms with Crippen molar-refractivity contribution >= 4 is 11.8 Å². The van der Waals surface area contributed by atoms with E-state index >= 15 is 0 Å². The molecule has 0 aliphatic carbocycles. The lowest BCUT2D eigenvalue weighted by Gasteiger charge is -2.16. The summed E-state index contributed by atoms with van der Waals surface area (Å²) in [7, 11) is 3.11. The molecule has 0 saturated heterocycles. The van der Waals surface area contributed by atoms with Gasteiger partial charge in [0, 0.05) is 33.5 Å². The molecule has 20 heavy (non-hydrogen) atoms. The van der Waals surface area contributed by atoms with Gasteiger partial charge in [0.05, 0.1) is 18.3 Å². The summed E-state index contributed by atoms with van der Waals surface area (Å²) in [5.74, 6) is -0.709. The summed E-state index contributed by atoms with van der Waals surface area (Å²) in [6.45, 7) is 1.02. The van der Waals surface area contributed by atoms with Crippen molar-refractivity contribution < 1.29 is 19.4 Å². The van der Waals surface area contributed by atoms with Gasteiger partial charge in [0.25, 0.3) is 5.91 Å². The Bertz CT molecular complexity index is 465. The normalized spacial score (nSPS) is 10.1. The molecule has 1 aromatic rings. The lowest BCUT2D eigenvalue weighted by molar-refractivity contribution is -0.121. The van der Waals surface area contributed by atoms with E-state index in [4.69, 9.17) is 4.74 Å². The molecule has 1 rings (SSSR count). The van der Waals surface area contributed by atoms with Crippen molar-refractivity contribution in [3.8, 4) is 5.75 Å². The minimum Gasteiger partial charge on any atom is -0.506 e. The fraction of sp³-hybridized carbons (Fsp3) is 0.462. The molecule has 7 nitrogen and oxygen atoms in total. The second-order valence-electron chi connectivity index (χ2n) is 4.29. The number of carbonyl (C=O) groups is 2. The first-order valence-corrected chi connectivity index (χ1v) is 6.19. The molecule has 110 valence electrons. The van der Waals surface area contributed by atoms with Crippen LogP contribution in [0.3, 0.4) is 0 Å². The Labute approximate surface area is 117 Å². The highest BCUT2D eigenvalue weighted by atomic mass is 16.5. The Morgan fingerprint density at radius 2 is 2.20 bits per heavy atom. The third kappa shape index (κ3) is 5.23. The van der Waals surface area contributed by atoms with Gasteiger partial charge in [-0.15, -0.1) is 0 Å². The second-order valence-corrected chi connectivity index (χ2v) is 4.29. The first-order valence-electron chi connectivity index (χ1n) is 6.19. The van der Waals surface area contributed by atoms with Crippen LogP contribution in [0.1, 0.15) is 16.8 Å². The number of amides is 2. The zero-order valence-corrected chi connectivity index (χ0v) is 11.6. The molecule has 1 aromatic heterocycles. The van der Waals surface area contributed by atoms with Gasteiger partial charge in [0.1, 0.15) is 5.75 Å². The maximum absolute atomic E-state index is 12.0. The van der Waals surface area contributed by atoms with Crippen LogP contribution in [0.5, 0.6) is 5.75 Å². The third-order valence-corrected chi connectivity index (χ3v) is 2.55. The van der Waals surface area contributed by atoms with E-state index in [1.54, 1.807) is 7.11 Å². The van der Waals surface area contributed by atoms with Gasteiger partial charge < -0.3 is 20.1 Å². The highest BCUT2D eigenvalue weighted by molar-refractivity contribution is 5.96. The monoisotopic (exact) mass is 281 g/mol. The second kappa shape index (κ2) is 8.11. The molecular formula is C13H19N3O4. The highest BCUT2D eigenvalue weighted by Gasteiger charge is 2.15. The fourth-order valence-corrected chi connectivity index (χ4v) is 1.55.